The second-order valence-corrected chi connectivity index (χ2v) is 12.3. The fourth-order valence-corrected chi connectivity index (χ4v) is 7.09. The number of hydrogen-bond donors (Lipinski definition) is 1. The van der Waals surface area contributed by atoms with Crippen LogP contribution in [0.5, 0.6) is 0 Å². The van der Waals surface area contributed by atoms with Gasteiger partial charge in [0, 0.05) is 55.6 Å². The van der Waals surface area contributed by atoms with E-state index in [-0.39, 0.29) is 29.7 Å². The van der Waals surface area contributed by atoms with E-state index in [1.54, 1.807) is 6.08 Å². The zero-order valence-electron chi connectivity index (χ0n) is 23.4. The zero-order chi connectivity index (χ0) is 28.1. The van der Waals surface area contributed by atoms with Gasteiger partial charge in [-0.1, -0.05) is 73.0 Å². The number of nitrogens with zero attached hydrogens (tertiary/aromatic N) is 3. The summed E-state index contributed by atoms with van der Waals surface area (Å²) in [6, 6.07) is 17.5. The number of carbonyl (C=O) groups is 2. The van der Waals surface area contributed by atoms with Crippen LogP contribution in [-0.2, 0) is 21.6 Å². The van der Waals surface area contributed by atoms with Crippen LogP contribution >= 0.6 is 11.6 Å². The van der Waals surface area contributed by atoms with Crippen LogP contribution in [0, 0.1) is 11.8 Å². The van der Waals surface area contributed by atoms with E-state index in [1.807, 2.05) is 64.4 Å². The van der Waals surface area contributed by atoms with Crippen molar-refractivity contribution in [3.8, 4) is 0 Å². The van der Waals surface area contributed by atoms with E-state index in [0.29, 0.717) is 31.1 Å². The summed E-state index contributed by atoms with van der Waals surface area (Å²) in [5.74, 6) is 0.367. The molecule has 2 aromatic rings. The smallest absolute Gasteiger partial charge is 0.227 e. The maximum Gasteiger partial charge on any atom is 0.227 e. The molecule has 3 aliphatic rings. The van der Waals surface area contributed by atoms with Crippen LogP contribution in [0.4, 0.5) is 0 Å². The summed E-state index contributed by atoms with van der Waals surface area (Å²) < 4.78 is 0. The standard InChI is InChI=1S/C33H42ClN3O3/c1-2-18-37(31(38)21-25-12-14-29(34)15-13-25)30-16-19-35(20-17-30)22-28-23-36(32(39)26-8-6-7-9-26)24-33(28,40)27-10-4-3-5-11-27/h2-5,10-15,26,28,30,40H,1,6-9,16-24H2/t28-,33-/m0/s1. The van der Waals surface area contributed by atoms with E-state index >= 15 is 0 Å². The molecule has 7 heteroatoms. The molecule has 2 atom stereocenters. The number of carbonyl (C=O) groups excluding carboxylic acids is 2. The van der Waals surface area contributed by atoms with Crippen molar-refractivity contribution in [2.45, 2.75) is 56.6 Å². The Morgan fingerprint density at radius 1 is 1.02 bits per heavy atom. The Morgan fingerprint density at radius 3 is 2.35 bits per heavy atom. The van der Waals surface area contributed by atoms with E-state index in [2.05, 4.69) is 11.5 Å². The Hall–Kier alpha value is -2.67. The lowest BCUT2D eigenvalue weighted by molar-refractivity contribution is -0.135. The van der Waals surface area contributed by atoms with Crippen molar-refractivity contribution >= 4 is 23.4 Å². The number of rotatable bonds is 9. The first-order chi connectivity index (χ1) is 19.4. The summed E-state index contributed by atoms with van der Waals surface area (Å²) in [6.07, 6.45) is 8.09. The number of amides is 2. The monoisotopic (exact) mass is 563 g/mol. The summed E-state index contributed by atoms with van der Waals surface area (Å²) in [7, 11) is 0. The largest absolute Gasteiger partial charge is 0.383 e. The molecule has 1 saturated carbocycles. The second kappa shape index (κ2) is 12.9. The molecule has 2 saturated heterocycles. The molecule has 0 radical (unpaired) electrons. The van der Waals surface area contributed by atoms with E-state index < -0.39 is 5.60 Å². The van der Waals surface area contributed by atoms with Crippen molar-refractivity contribution in [2.75, 3.05) is 39.3 Å². The lowest BCUT2D eigenvalue weighted by atomic mass is 9.83. The van der Waals surface area contributed by atoms with Gasteiger partial charge >= 0.3 is 0 Å². The van der Waals surface area contributed by atoms with Gasteiger partial charge in [0.25, 0.3) is 0 Å². The number of aliphatic hydroxyl groups is 1. The van der Waals surface area contributed by atoms with Gasteiger partial charge in [-0.25, -0.2) is 0 Å². The molecule has 214 valence electrons. The molecule has 2 aliphatic heterocycles. The van der Waals surface area contributed by atoms with Gasteiger partial charge in [-0.2, -0.15) is 0 Å². The van der Waals surface area contributed by atoms with Crippen LogP contribution in [0.1, 0.15) is 49.7 Å². The molecule has 2 aromatic carbocycles. The molecule has 2 heterocycles. The molecule has 0 bridgehead atoms. The number of halogens is 1. The van der Waals surface area contributed by atoms with Crippen molar-refractivity contribution in [3.05, 3.63) is 83.4 Å². The molecular weight excluding hydrogens is 522 g/mol. The molecule has 3 fully saturated rings. The van der Waals surface area contributed by atoms with E-state index in [1.165, 1.54) is 0 Å². The minimum absolute atomic E-state index is 0.0624. The number of piperidine rings is 1. The highest BCUT2D eigenvalue weighted by Crippen LogP contribution is 2.40. The molecule has 40 heavy (non-hydrogen) atoms. The van der Waals surface area contributed by atoms with E-state index in [4.69, 9.17) is 11.6 Å². The maximum absolute atomic E-state index is 13.3. The number of hydrogen-bond acceptors (Lipinski definition) is 4. The molecule has 1 aliphatic carbocycles. The van der Waals surface area contributed by atoms with Gasteiger partial charge in [-0.3, -0.25) is 9.59 Å². The highest BCUT2D eigenvalue weighted by atomic mass is 35.5. The first kappa shape index (κ1) is 28.8. The minimum Gasteiger partial charge on any atom is -0.383 e. The highest BCUT2D eigenvalue weighted by Gasteiger charge is 2.49. The SMILES string of the molecule is C=CCN(C(=O)Cc1ccc(Cl)cc1)C1CCN(C[C@H]2CN(C(=O)C3CCCC3)C[C@]2(O)c2ccccc2)CC1. The molecule has 2 amide bonds. The number of benzene rings is 2. The van der Waals surface area contributed by atoms with Gasteiger partial charge in [0.15, 0.2) is 0 Å². The van der Waals surface area contributed by atoms with E-state index in [0.717, 1.165) is 69.3 Å². The molecule has 0 spiro atoms. The van der Waals surface area contributed by atoms with Crippen molar-refractivity contribution < 1.29 is 14.7 Å². The van der Waals surface area contributed by atoms with Crippen molar-refractivity contribution in [3.63, 3.8) is 0 Å². The Bertz CT molecular complexity index is 1160. The number of β-amino-alcohol motifs (C(OH)–C–C–N with tert-alkyl or cyclic N) is 1. The Kier molecular flexibility index (Phi) is 9.29. The normalized spacial score (nSPS) is 24.4. The van der Waals surface area contributed by atoms with Gasteiger partial charge in [0.1, 0.15) is 5.60 Å². The molecule has 1 N–H and O–H groups in total. The van der Waals surface area contributed by atoms with Gasteiger partial charge < -0.3 is 19.8 Å². The molecular formula is C33H42ClN3O3. The first-order valence-corrected chi connectivity index (χ1v) is 15.2. The van der Waals surface area contributed by atoms with Crippen LogP contribution in [0.2, 0.25) is 5.02 Å². The van der Waals surface area contributed by atoms with Gasteiger partial charge in [0.2, 0.25) is 11.8 Å². The average Bonchev–Trinajstić information content (AvgIpc) is 3.63. The quantitative estimate of drug-likeness (QED) is 0.441. The van der Waals surface area contributed by atoms with Crippen LogP contribution in [0.25, 0.3) is 0 Å². The summed E-state index contributed by atoms with van der Waals surface area (Å²) in [5, 5.41) is 12.7. The van der Waals surface area contributed by atoms with Gasteiger partial charge in [-0.15, -0.1) is 6.58 Å². The second-order valence-electron chi connectivity index (χ2n) is 11.9. The molecule has 6 nitrogen and oxygen atoms in total. The van der Waals surface area contributed by atoms with Crippen molar-refractivity contribution in [2.24, 2.45) is 11.8 Å². The summed E-state index contributed by atoms with van der Waals surface area (Å²) in [6.45, 7) is 7.81. The predicted molar refractivity (Wildman–Crippen MR) is 159 cm³/mol. The third-order valence-electron chi connectivity index (χ3n) is 9.23. The third kappa shape index (κ3) is 6.45. The van der Waals surface area contributed by atoms with Crippen molar-refractivity contribution in [1.82, 2.24) is 14.7 Å². The average molecular weight is 564 g/mol. The van der Waals surface area contributed by atoms with Gasteiger partial charge in [-0.05, 0) is 48.9 Å². The Morgan fingerprint density at radius 2 is 1.70 bits per heavy atom. The Labute approximate surface area is 243 Å². The molecule has 0 aromatic heterocycles. The van der Waals surface area contributed by atoms with Crippen LogP contribution in [-0.4, -0.2) is 76.9 Å². The predicted octanol–water partition coefficient (Wildman–Crippen LogP) is 4.90. The minimum atomic E-state index is -1.06. The summed E-state index contributed by atoms with van der Waals surface area (Å²) >= 11 is 6.01. The van der Waals surface area contributed by atoms with Crippen LogP contribution in [0.15, 0.2) is 67.3 Å². The van der Waals surface area contributed by atoms with Crippen molar-refractivity contribution in [1.29, 1.82) is 0 Å². The fourth-order valence-electron chi connectivity index (χ4n) is 6.96. The topological polar surface area (TPSA) is 64.1 Å². The maximum atomic E-state index is 13.3. The zero-order valence-corrected chi connectivity index (χ0v) is 24.1. The third-order valence-corrected chi connectivity index (χ3v) is 9.48. The summed E-state index contributed by atoms with van der Waals surface area (Å²) in [5.41, 5.74) is 0.788. The van der Waals surface area contributed by atoms with Crippen LogP contribution < -0.4 is 0 Å². The number of likely N-dealkylation sites (tertiary alicyclic amines) is 2. The van der Waals surface area contributed by atoms with Gasteiger partial charge in [0.05, 0.1) is 13.0 Å². The van der Waals surface area contributed by atoms with E-state index in [9.17, 15) is 14.7 Å². The summed E-state index contributed by atoms with van der Waals surface area (Å²) in [4.78, 5) is 32.9. The Balaban J connectivity index is 1.23. The molecule has 5 rings (SSSR count). The lowest BCUT2D eigenvalue weighted by Crippen LogP contribution is -2.50. The fraction of sp³-hybridized carbons (Fsp3) is 0.515. The molecule has 0 unspecified atom stereocenters. The highest BCUT2D eigenvalue weighted by molar-refractivity contribution is 6.30. The lowest BCUT2D eigenvalue weighted by Gasteiger charge is -2.40. The van der Waals surface area contributed by atoms with Crippen LogP contribution in [0.3, 0.4) is 0 Å². The first-order valence-electron chi connectivity index (χ1n) is 14.8.